The van der Waals surface area contributed by atoms with Crippen molar-refractivity contribution in [1.82, 2.24) is 19.7 Å². The minimum Gasteiger partial charge on any atom is -0.497 e. The predicted octanol–water partition coefficient (Wildman–Crippen LogP) is 4.64. The van der Waals surface area contributed by atoms with Crippen LogP contribution >= 0.6 is 0 Å². The summed E-state index contributed by atoms with van der Waals surface area (Å²) >= 11 is 0. The summed E-state index contributed by atoms with van der Waals surface area (Å²) in [5, 5.41) is 8.20. The van der Waals surface area contributed by atoms with Gasteiger partial charge in [-0.2, -0.15) is 5.10 Å². The molecule has 1 saturated carbocycles. The van der Waals surface area contributed by atoms with E-state index < -0.39 is 0 Å². The largest absolute Gasteiger partial charge is 0.497 e. The summed E-state index contributed by atoms with van der Waals surface area (Å²) in [4.78, 5) is 18.1. The second-order valence-electron chi connectivity index (χ2n) is 10.8. The van der Waals surface area contributed by atoms with Gasteiger partial charge in [0.05, 0.1) is 18.8 Å². The third kappa shape index (κ3) is 5.77. The molecule has 2 fully saturated rings. The van der Waals surface area contributed by atoms with Crippen molar-refractivity contribution < 1.29 is 4.74 Å². The Balaban J connectivity index is 1.03. The molecule has 6 rings (SSSR count). The van der Waals surface area contributed by atoms with Crippen LogP contribution in [-0.2, 0) is 6.54 Å². The molecule has 3 aromatic carbocycles. The highest BCUT2D eigenvalue weighted by molar-refractivity contribution is 5.54. The zero-order valence-corrected chi connectivity index (χ0v) is 23.2. The monoisotopic (exact) mass is 538 g/mol. The summed E-state index contributed by atoms with van der Waals surface area (Å²) in [6.45, 7) is 4.71. The molecular weight excluding hydrogens is 500 g/mol. The Morgan fingerprint density at radius 2 is 1.35 bits per heavy atom. The van der Waals surface area contributed by atoms with Gasteiger partial charge < -0.3 is 19.9 Å². The fourth-order valence-corrected chi connectivity index (χ4v) is 5.97. The second kappa shape index (κ2) is 12.0. The van der Waals surface area contributed by atoms with Crippen molar-refractivity contribution in [2.75, 3.05) is 43.1 Å². The van der Waals surface area contributed by atoms with E-state index in [-0.39, 0.29) is 11.7 Å². The first-order chi connectivity index (χ1) is 19.7. The molecule has 40 heavy (non-hydrogen) atoms. The third-order valence-corrected chi connectivity index (χ3v) is 8.38. The van der Waals surface area contributed by atoms with Crippen LogP contribution in [0.15, 0.2) is 90.0 Å². The zero-order chi connectivity index (χ0) is 27.3. The fraction of sp³-hybridized carbons (Fsp3) is 0.375. The van der Waals surface area contributed by atoms with Crippen molar-refractivity contribution in [1.29, 1.82) is 0 Å². The molecule has 0 amide bonds. The molecular formula is C32H38N6O2. The number of hydrogen-bond donors (Lipinski definition) is 1. The van der Waals surface area contributed by atoms with Crippen molar-refractivity contribution in [3.05, 3.63) is 101 Å². The first kappa shape index (κ1) is 26.2. The summed E-state index contributed by atoms with van der Waals surface area (Å²) in [5.41, 5.74) is 4.52. The minimum absolute atomic E-state index is 0.0541. The maximum Gasteiger partial charge on any atom is 0.350 e. The van der Waals surface area contributed by atoms with E-state index in [1.807, 2.05) is 30.3 Å². The number of piperazine rings is 1. The van der Waals surface area contributed by atoms with E-state index in [1.165, 1.54) is 16.9 Å². The number of methoxy groups -OCH3 is 1. The number of rotatable bonds is 8. The molecule has 8 heteroatoms. The Labute approximate surface area is 235 Å². The molecule has 0 bridgehead atoms. The Morgan fingerprint density at radius 3 is 1.95 bits per heavy atom. The summed E-state index contributed by atoms with van der Waals surface area (Å²) in [5.74, 6) is 0.881. The SMILES string of the molecule is COc1ccc(N2CCN(c3ccc(-n4cnn([C@H]5CC[C@H](NCc6ccccc6)CC5)c4=O)cc3)CC2)cc1. The number of nitrogens with zero attached hydrogens (tertiary/aromatic N) is 5. The highest BCUT2D eigenvalue weighted by Gasteiger charge is 2.25. The van der Waals surface area contributed by atoms with Crippen LogP contribution in [0, 0.1) is 0 Å². The lowest BCUT2D eigenvalue weighted by Crippen LogP contribution is -2.46. The van der Waals surface area contributed by atoms with Crippen LogP contribution in [0.5, 0.6) is 5.75 Å². The van der Waals surface area contributed by atoms with Gasteiger partial charge in [0.15, 0.2) is 0 Å². The highest BCUT2D eigenvalue weighted by atomic mass is 16.5. The summed E-state index contributed by atoms with van der Waals surface area (Å²) in [6, 6.07) is 27.7. The summed E-state index contributed by atoms with van der Waals surface area (Å²) in [6.07, 6.45) is 5.70. The van der Waals surface area contributed by atoms with Crippen molar-refractivity contribution in [2.45, 2.75) is 44.3 Å². The van der Waals surface area contributed by atoms with E-state index in [2.05, 4.69) is 68.7 Å². The Morgan fingerprint density at radius 1 is 0.775 bits per heavy atom. The number of benzene rings is 3. The van der Waals surface area contributed by atoms with Gasteiger partial charge in [-0.1, -0.05) is 30.3 Å². The smallest absolute Gasteiger partial charge is 0.350 e. The Bertz CT molecular complexity index is 1420. The average Bonchev–Trinajstić information content (AvgIpc) is 3.42. The lowest BCUT2D eigenvalue weighted by atomic mass is 9.91. The maximum atomic E-state index is 13.3. The molecule has 0 atom stereocenters. The molecule has 1 aromatic heterocycles. The Kier molecular flexibility index (Phi) is 7.86. The van der Waals surface area contributed by atoms with Gasteiger partial charge in [0.2, 0.25) is 0 Å². The number of hydrogen-bond acceptors (Lipinski definition) is 6. The van der Waals surface area contributed by atoms with Gasteiger partial charge in [-0.25, -0.2) is 14.0 Å². The van der Waals surface area contributed by atoms with Crippen LogP contribution in [0.3, 0.4) is 0 Å². The number of aromatic nitrogens is 3. The van der Waals surface area contributed by atoms with E-state index in [0.717, 1.165) is 69.8 Å². The van der Waals surface area contributed by atoms with Gasteiger partial charge in [-0.05, 0) is 79.8 Å². The van der Waals surface area contributed by atoms with E-state index in [0.29, 0.717) is 6.04 Å². The van der Waals surface area contributed by atoms with Crippen LogP contribution in [-0.4, -0.2) is 53.7 Å². The van der Waals surface area contributed by atoms with Crippen LogP contribution in [0.1, 0.15) is 37.3 Å². The minimum atomic E-state index is -0.0541. The maximum absolute atomic E-state index is 13.3. The van der Waals surface area contributed by atoms with Gasteiger partial charge in [-0.15, -0.1) is 0 Å². The van der Waals surface area contributed by atoms with Crippen molar-refractivity contribution in [2.24, 2.45) is 0 Å². The Hall–Kier alpha value is -4.04. The zero-order valence-electron chi connectivity index (χ0n) is 23.2. The molecule has 1 saturated heterocycles. The van der Waals surface area contributed by atoms with Gasteiger partial charge in [-0.3, -0.25) is 0 Å². The van der Waals surface area contributed by atoms with Crippen LogP contribution in [0.2, 0.25) is 0 Å². The second-order valence-corrected chi connectivity index (χ2v) is 10.8. The molecule has 2 heterocycles. The standard InChI is InChI=1S/C32H38N6O2/c1-40-31-17-15-28(16-18-31)36-21-19-35(20-22-36)27-11-13-29(14-12-27)37-24-34-38(32(37)39)30-9-7-26(8-10-30)33-23-25-5-3-2-4-6-25/h2-6,11-18,24,26,30,33H,7-10,19-23H2,1H3/t26-,30-. The van der Waals surface area contributed by atoms with Gasteiger partial charge in [0, 0.05) is 50.1 Å². The van der Waals surface area contributed by atoms with Crippen LogP contribution in [0.25, 0.3) is 5.69 Å². The molecule has 8 nitrogen and oxygen atoms in total. The molecule has 1 aliphatic heterocycles. The van der Waals surface area contributed by atoms with Crippen molar-refractivity contribution in [3.8, 4) is 11.4 Å². The lowest BCUT2D eigenvalue weighted by molar-refractivity contribution is 0.270. The molecule has 1 aliphatic carbocycles. The number of anilines is 2. The van der Waals surface area contributed by atoms with Crippen LogP contribution < -0.4 is 25.5 Å². The van der Waals surface area contributed by atoms with Gasteiger partial charge in [0.25, 0.3) is 0 Å². The molecule has 1 N–H and O–H groups in total. The first-order valence-corrected chi connectivity index (χ1v) is 14.4. The van der Waals surface area contributed by atoms with Crippen LogP contribution in [0.4, 0.5) is 11.4 Å². The quantitative estimate of drug-likeness (QED) is 0.353. The lowest BCUT2D eigenvalue weighted by Gasteiger charge is -2.37. The molecule has 0 spiro atoms. The molecule has 208 valence electrons. The normalized spacial score (nSPS) is 19.5. The van der Waals surface area contributed by atoms with Gasteiger partial charge in [0.1, 0.15) is 12.1 Å². The molecule has 0 radical (unpaired) electrons. The predicted molar refractivity (Wildman–Crippen MR) is 160 cm³/mol. The molecule has 0 unspecified atom stereocenters. The topological polar surface area (TPSA) is 67.6 Å². The first-order valence-electron chi connectivity index (χ1n) is 14.4. The number of nitrogens with one attached hydrogen (secondary N) is 1. The highest BCUT2D eigenvalue weighted by Crippen LogP contribution is 2.28. The van der Waals surface area contributed by atoms with Crippen molar-refractivity contribution >= 4 is 11.4 Å². The van der Waals surface area contributed by atoms with E-state index in [1.54, 1.807) is 22.7 Å². The number of ether oxygens (including phenoxy) is 1. The summed E-state index contributed by atoms with van der Waals surface area (Å²) < 4.78 is 8.65. The van der Waals surface area contributed by atoms with Gasteiger partial charge >= 0.3 is 5.69 Å². The van der Waals surface area contributed by atoms with Crippen molar-refractivity contribution in [3.63, 3.8) is 0 Å². The third-order valence-electron chi connectivity index (χ3n) is 8.38. The van der Waals surface area contributed by atoms with E-state index >= 15 is 0 Å². The van der Waals surface area contributed by atoms with E-state index in [4.69, 9.17) is 4.74 Å². The molecule has 4 aromatic rings. The van der Waals surface area contributed by atoms with E-state index in [9.17, 15) is 4.79 Å². The average molecular weight is 539 g/mol. The molecule has 2 aliphatic rings. The summed E-state index contributed by atoms with van der Waals surface area (Å²) in [7, 11) is 1.69. The fourth-order valence-electron chi connectivity index (χ4n) is 5.97.